The average molecular weight is 190 g/mol. The number of hydrogen-bond acceptors (Lipinski definition) is 2. The van der Waals surface area contributed by atoms with Gasteiger partial charge < -0.3 is 4.66 Å². The van der Waals surface area contributed by atoms with E-state index in [-0.39, 0.29) is 35.8 Å². The number of rotatable bonds is 0. The summed E-state index contributed by atoms with van der Waals surface area (Å²) in [5.41, 5.74) is 0. The van der Waals surface area contributed by atoms with Crippen LogP contribution in [-0.4, -0.2) is 29.1 Å². The second kappa shape index (κ2) is 8.98. The summed E-state index contributed by atoms with van der Waals surface area (Å²) in [6.07, 6.45) is 0. The van der Waals surface area contributed by atoms with Crippen molar-refractivity contribution in [3.8, 4) is 0 Å². The van der Waals surface area contributed by atoms with Crippen LogP contribution in [0.4, 0.5) is 0 Å². The van der Waals surface area contributed by atoms with E-state index >= 15 is 0 Å². The van der Waals surface area contributed by atoms with Gasteiger partial charge in [-0.2, -0.15) is 0 Å². The average Bonchev–Trinajstić information content (AvgIpc) is 0.918. The summed E-state index contributed by atoms with van der Waals surface area (Å²) in [5, 5.41) is 0. The summed E-state index contributed by atoms with van der Waals surface area (Å²) >= 11 is -0.167. The van der Waals surface area contributed by atoms with Crippen molar-refractivity contribution in [2.45, 2.75) is 0 Å². The zero-order valence-electron chi connectivity index (χ0n) is 1.68. The van der Waals surface area contributed by atoms with Gasteiger partial charge in [0.05, 0.1) is 0 Å². The van der Waals surface area contributed by atoms with Crippen LogP contribution < -0.4 is 4.66 Å². The molecule has 0 rings (SSSR count). The summed E-state index contributed by atoms with van der Waals surface area (Å²) < 4.78 is 15.2. The van der Waals surface area contributed by atoms with Crippen molar-refractivity contribution >= 4 is 24.4 Å². The van der Waals surface area contributed by atoms with Crippen LogP contribution in [0.2, 0.25) is 0 Å². The summed E-state index contributed by atoms with van der Waals surface area (Å²) in [4.78, 5) is 0. The molecule has 0 aromatic heterocycles. The number of hydrogen-bond donors (Lipinski definition) is 1. The molecule has 0 aliphatic rings. The van der Waals surface area contributed by atoms with Crippen molar-refractivity contribution in [3.63, 3.8) is 0 Å². The molecule has 4 heteroatoms. The summed E-state index contributed by atoms with van der Waals surface area (Å²) in [7, 11) is 0. The SMILES string of the molecule is [O-][Cl+]O.[Sb]. The Balaban J connectivity index is 0. The minimum Gasteiger partial charge on any atom is -0.506 e. The van der Waals surface area contributed by atoms with Crippen LogP contribution in [-0.2, 0) is 0 Å². The molecule has 1 N–H and O–H groups in total. The molecule has 0 heterocycles. The van der Waals surface area contributed by atoms with Gasteiger partial charge >= 0.3 is 11.3 Å². The first-order chi connectivity index (χ1) is 1.41. The van der Waals surface area contributed by atoms with Gasteiger partial charge in [-0.15, -0.1) is 4.66 Å². The Kier molecular flexibility index (Phi) is 20.0. The fourth-order valence-electron chi connectivity index (χ4n) is 0. The molecule has 0 saturated carbocycles. The molecule has 2 nitrogen and oxygen atoms in total. The van der Waals surface area contributed by atoms with Crippen LogP contribution in [0.3, 0.4) is 0 Å². The first kappa shape index (κ1) is 8.90. The maximum Gasteiger partial charge on any atom is 0.327 e. The molecular weight excluding hydrogens is 189 g/mol. The van der Waals surface area contributed by atoms with Gasteiger partial charge in [0.1, 0.15) is 0 Å². The van der Waals surface area contributed by atoms with Gasteiger partial charge in [0, 0.05) is 24.4 Å². The third-order valence-corrected chi connectivity index (χ3v) is 0. The molecule has 0 unspecified atom stereocenters. The predicted octanol–water partition coefficient (Wildman–Crippen LogP) is -2.13. The summed E-state index contributed by atoms with van der Waals surface area (Å²) in [5.74, 6) is 0. The molecule has 0 aromatic carbocycles. The van der Waals surface area contributed by atoms with Crippen LogP contribution >= 0.6 is 0 Å². The Hall–Kier alpha value is 1.03. The van der Waals surface area contributed by atoms with E-state index in [2.05, 4.69) is 0 Å². The van der Waals surface area contributed by atoms with Crippen molar-refractivity contribution < 1.29 is 20.6 Å². The zero-order chi connectivity index (χ0) is 2.71. The molecule has 4 heavy (non-hydrogen) atoms. The minimum absolute atomic E-state index is 0. The molecule has 0 aliphatic carbocycles. The molecule has 3 radical (unpaired) electrons. The van der Waals surface area contributed by atoms with E-state index in [1.54, 1.807) is 0 Å². The zero-order valence-corrected chi connectivity index (χ0v) is 4.99. The quantitative estimate of drug-likeness (QED) is 0.444. The molecular formula is HClO2Sb. The van der Waals surface area contributed by atoms with E-state index in [4.69, 9.17) is 9.32 Å². The van der Waals surface area contributed by atoms with E-state index < -0.39 is 0 Å². The van der Waals surface area contributed by atoms with Crippen LogP contribution in [0.5, 0.6) is 0 Å². The van der Waals surface area contributed by atoms with Crippen molar-refractivity contribution in [3.05, 3.63) is 0 Å². The summed E-state index contributed by atoms with van der Waals surface area (Å²) in [6, 6.07) is 0. The molecule has 0 bridgehead atoms. The molecule has 0 saturated heterocycles. The van der Waals surface area contributed by atoms with Crippen molar-refractivity contribution in [2.24, 2.45) is 0 Å². The molecule has 0 amide bonds. The van der Waals surface area contributed by atoms with Gasteiger partial charge in [-0.1, -0.05) is 0 Å². The van der Waals surface area contributed by atoms with Gasteiger partial charge in [0.2, 0.25) is 0 Å². The molecule has 0 aliphatic heterocycles. The minimum atomic E-state index is -0.167. The van der Waals surface area contributed by atoms with E-state index in [0.29, 0.717) is 0 Å². The van der Waals surface area contributed by atoms with Gasteiger partial charge in [0.25, 0.3) is 0 Å². The third-order valence-electron chi connectivity index (χ3n) is 0. The van der Waals surface area contributed by atoms with Crippen LogP contribution in [0.25, 0.3) is 0 Å². The third kappa shape index (κ3) is 11.8. The normalized spacial score (nSPS) is 4.50. The van der Waals surface area contributed by atoms with E-state index in [9.17, 15) is 0 Å². The first-order valence-corrected chi connectivity index (χ1v) is 0.970. The molecule has 0 atom stereocenters. The van der Waals surface area contributed by atoms with Crippen molar-refractivity contribution in [1.82, 2.24) is 0 Å². The second-order valence-corrected chi connectivity index (χ2v) is 0.207. The van der Waals surface area contributed by atoms with E-state index in [1.165, 1.54) is 0 Å². The molecule has 0 spiro atoms. The van der Waals surface area contributed by atoms with Gasteiger partial charge in [0.15, 0.2) is 0 Å². The molecule has 0 aromatic rings. The first-order valence-electron chi connectivity index (χ1n) is 0.323. The number of halogens is 1. The fraction of sp³-hybridized carbons (Fsp3) is 0. The van der Waals surface area contributed by atoms with Crippen LogP contribution in [0, 0.1) is 11.3 Å². The van der Waals surface area contributed by atoms with Crippen LogP contribution in [0.15, 0.2) is 0 Å². The van der Waals surface area contributed by atoms with Crippen LogP contribution in [0.1, 0.15) is 0 Å². The monoisotopic (exact) mass is 189 g/mol. The standard InChI is InChI=1S/ClHO2.Sb/c2-1-3;/h2H;. The van der Waals surface area contributed by atoms with Gasteiger partial charge in [-0.3, -0.25) is 0 Å². The Bertz CT molecular complexity index is 6.00. The maximum absolute atomic E-state index is 8.35. The fourth-order valence-corrected chi connectivity index (χ4v) is 0. The van der Waals surface area contributed by atoms with E-state index in [0.717, 1.165) is 0 Å². The Morgan fingerprint density at radius 2 is 1.75 bits per heavy atom. The van der Waals surface area contributed by atoms with Crippen molar-refractivity contribution in [2.75, 3.05) is 0 Å². The topological polar surface area (TPSA) is 43.3 Å². The smallest absolute Gasteiger partial charge is 0.327 e. The second-order valence-electron chi connectivity index (χ2n) is 0.0690. The Labute approximate surface area is 45.3 Å². The molecule has 0 fully saturated rings. The van der Waals surface area contributed by atoms with Gasteiger partial charge in [-0.25, -0.2) is 0 Å². The summed E-state index contributed by atoms with van der Waals surface area (Å²) in [6.45, 7) is 0. The molecule has 25 valence electrons. The van der Waals surface area contributed by atoms with Gasteiger partial charge in [-0.05, 0) is 0 Å². The Morgan fingerprint density at radius 3 is 1.75 bits per heavy atom. The predicted molar refractivity (Wildman–Crippen MR) is 7.97 cm³/mol. The van der Waals surface area contributed by atoms with E-state index in [1.807, 2.05) is 0 Å². The Morgan fingerprint density at radius 1 is 1.75 bits per heavy atom. The van der Waals surface area contributed by atoms with Crippen molar-refractivity contribution in [1.29, 1.82) is 0 Å². The maximum atomic E-state index is 8.35. The largest absolute Gasteiger partial charge is 0.506 e.